The van der Waals surface area contributed by atoms with E-state index >= 15 is 0 Å². The average molecular weight is 214 g/mol. The molecule has 2 rings (SSSR count). The first-order valence-electron chi connectivity index (χ1n) is 4.60. The Balaban J connectivity index is 2.20. The lowest BCUT2D eigenvalue weighted by Gasteiger charge is -2.34. The van der Waals surface area contributed by atoms with Crippen LogP contribution in [0, 0.1) is 0 Å². The lowest BCUT2D eigenvalue weighted by molar-refractivity contribution is 0.0985. The van der Waals surface area contributed by atoms with E-state index in [1.165, 1.54) is 0 Å². The van der Waals surface area contributed by atoms with Crippen molar-refractivity contribution in [2.45, 2.75) is 13.0 Å². The molecule has 1 saturated heterocycles. The normalized spacial score (nSPS) is 22.4. The molecule has 76 valence electrons. The molecule has 0 N–H and O–H groups in total. The number of ether oxygens (including phenoxy) is 1. The van der Waals surface area contributed by atoms with Crippen LogP contribution in [0.4, 0.5) is 5.82 Å². The van der Waals surface area contributed by atoms with Crippen LogP contribution in [0.25, 0.3) is 0 Å². The van der Waals surface area contributed by atoms with E-state index in [0.717, 1.165) is 25.6 Å². The molecule has 0 saturated carbocycles. The van der Waals surface area contributed by atoms with E-state index in [2.05, 4.69) is 21.8 Å². The third-order valence-corrected chi connectivity index (χ3v) is 2.46. The van der Waals surface area contributed by atoms with E-state index in [4.69, 9.17) is 16.3 Å². The number of aromatic nitrogens is 2. The highest BCUT2D eigenvalue weighted by atomic mass is 35.5. The topological polar surface area (TPSA) is 38.2 Å². The molecular weight excluding hydrogens is 202 g/mol. The SMILES string of the molecule is CC1COCCN1c1ccnc(Cl)n1. The Morgan fingerprint density at radius 3 is 3.21 bits per heavy atom. The van der Waals surface area contributed by atoms with Crippen LogP contribution in [-0.4, -0.2) is 35.8 Å². The van der Waals surface area contributed by atoms with E-state index in [9.17, 15) is 0 Å². The van der Waals surface area contributed by atoms with Gasteiger partial charge in [-0.3, -0.25) is 0 Å². The van der Waals surface area contributed by atoms with Gasteiger partial charge in [0.15, 0.2) is 0 Å². The van der Waals surface area contributed by atoms with Crippen LogP contribution in [-0.2, 0) is 4.74 Å². The molecule has 0 radical (unpaired) electrons. The van der Waals surface area contributed by atoms with E-state index in [0.29, 0.717) is 11.3 Å². The van der Waals surface area contributed by atoms with Crippen LogP contribution in [0.5, 0.6) is 0 Å². The minimum atomic E-state index is 0.293. The summed E-state index contributed by atoms with van der Waals surface area (Å²) in [5.41, 5.74) is 0. The molecule has 0 aromatic carbocycles. The van der Waals surface area contributed by atoms with E-state index in [1.54, 1.807) is 6.20 Å². The van der Waals surface area contributed by atoms with Crippen LogP contribution in [0.2, 0.25) is 5.28 Å². The minimum Gasteiger partial charge on any atom is -0.377 e. The standard InChI is InChI=1S/C9H12ClN3O/c1-7-6-14-5-4-13(7)8-2-3-11-9(10)12-8/h2-3,7H,4-6H2,1H3. The Kier molecular flexibility index (Phi) is 2.84. The molecule has 0 spiro atoms. The zero-order valence-electron chi connectivity index (χ0n) is 7.98. The van der Waals surface area contributed by atoms with Gasteiger partial charge in [-0.05, 0) is 24.6 Å². The molecule has 0 aliphatic carbocycles. The highest BCUT2D eigenvalue weighted by molar-refractivity contribution is 6.28. The van der Waals surface area contributed by atoms with Crippen LogP contribution in [0.3, 0.4) is 0 Å². The molecule has 1 unspecified atom stereocenters. The first-order chi connectivity index (χ1) is 6.77. The highest BCUT2D eigenvalue weighted by Gasteiger charge is 2.20. The molecule has 5 heteroatoms. The van der Waals surface area contributed by atoms with Crippen molar-refractivity contribution in [3.05, 3.63) is 17.5 Å². The third-order valence-electron chi connectivity index (χ3n) is 2.27. The maximum atomic E-state index is 5.73. The van der Waals surface area contributed by atoms with Crippen molar-refractivity contribution in [1.29, 1.82) is 0 Å². The van der Waals surface area contributed by atoms with Crippen molar-refractivity contribution < 1.29 is 4.74 Å². The summed E-state index contributed by atoms with van der Waals surface area (Å²) in [6, 6.07) is 2.21. The Morgan fingerprint density at radius 1 is 1.64 bits per heavy atom. The molecule has 0 amide bonds. The van der Waals surface area contributed by atoms with Gasteiger partial charge in [0.05, 0.1) is 19.3 Å². The van der Waals surface area contributed by atoms with Gasteiger partial charge < -0.3 is 9.64 Å². The van der Waals surface area contributed by atoms with Crippen molar-refractivity contribution in [2.75, 3.05) is 24.7 Å². The van der Waals surface area contributed by atoms with Crippen LogP contribution < -0.4 is 4.90 Å². The molecular formula is C9H12ClN3O. The van der Waals surface area contributed by atoms with Crippen molar-refractivity contribution in [3.63, 3.8) is 0 Å². The van der Waals surface area contributed by atoms with Gasteiger partial charge in [-0.25, -0.2) is 9.97 Å². The van der Waals surface area contributed by atoms with Crippen molar-refractivity contribution in [2.24, 2.45) is 0 Å². The summed E-state index contributed by atoms with van der Waals surface area (Å²) < 4.78 is 5.35. The van der Waals surface area contributed by atoms with E-state index < -0.39 is 0 Å². The highest BCUT2D eigenvalue weighted by Crippen LogP contribution is 2.17. The molecule has 4 nitrogen and oxygen atoms in total. The molecule has 2 heterocycles. The summed E-state index contributed by atoms with van der Waals surface area (Å²) >= 11 is 5.73. The second-order valence-corrected chi connectivity index (χ2v) is 3.64. The van der Waals surface area contributed by atoms with Gasteiger partial charge in [-0.2, -0.15) is 0 Å². The van der Waals surface area contributed by atoms with Gasteiger partial charge in [0.1, 0.15) is 5.82 Å². The second-order valence-electron chi connectivity index (χ2n) is 3.30. The molecule has 1 atom stereocenters. The number of rotatable bonds is 1. The monoisotopic (exact) mass is 213 g/mol. The van der Waals surface area contributed by atoms with Gasteiger partial charge >= 0.3 is 0 Å². The lowest BCUT2D eigenvalue weighted by Crippen LogP contribution is -2.44. The summed E-state index contributed by atoms with van der Waals surface area (Å²) in [7, 11) is 0. The third kappa shape index (κ3) is 1.96. The van der Waals surface area contributed by atoms with Gasteiger partial charge in [0, 0.05) is 12.7 Å². The number of anilines is 1. The van der Waals surface area contributed by atoms with Gasteiger partial charge in [-0.1, -0.05) is 0 Å². The maximum absolute atomic E-state index is 5.73. The van der Waals surface area contributed by atoms with E-state index in [-0.39, 0.29) is 0 Å². The number of halogens is 1. The van der Waals surface area contributed by atoms with E-state index in [1.807, 2.05) is 6.07 Å². The Hall–Kier alpha value is -0.870. The first kappa shape index (κ1) is 9.68. The zero-order valence-corrected chi connectivity index (χ0v) is 8.74. The fourth-order valence-electron chi connectivity index (χ4n) is 1.55. The van der Waals surface area contributed by atoms with Crippen molar-refractivity contribution >= 4 is 17.4 Å². The Labute approximate surface area is 87.9 Å². The van der Waals surface area contributed by atoms with Gasteiger partial charge in [0.2, 0.25) is 5.28 Å². The molecule has 1 aromatic heterocycles. The minimum absolute atomic E-state index is 0.293. The van der Waals surface area contributed by atoms with Gasteiger partial charge in [-0.15, -0.1) is 0 Å². The molecule has 1 aliphatic heterocycles. The second kappa shape index (κ2) is 4.11. The van der Waals surface area contributed by atoms with Crippen LogP contribution in [0.15, 0.2) is 12.3 Å². The summed E-state index contributed by atoms with van der Waals surface area (Å²) in [6.45, 7) is 4.44. The molecule has 1 fully saturated rings. The zero-order chi connectivity index (χ0) is 9.97. The van der Waals surface area contributed by atoms with Gasteiger partial charge in [0.25, 0.3) is 0 Å². The fraction of sp³-hybridized carbons (Fsp3) is 0.556. The quantitative estimate of drug-likeness (QED) is 0.661. The average Bonchev–Trinajstić information content (AvgIpc) is 2.18. The number of morpholine rings is 1. The predicted octanol–water partition coefficient (Wildman–Crippen LogP) is 1.36. The molecule has 1 aromatic rings. The molecule has 1 aliphatic rings. The van der Waals surface area contributed by atoms with Crippen LogP contribution in [0.1, 0.15) is 6.92 Å². The number of nitrogens with zero attached hydrogens (tertiary/aromatic N) is 3. The first-order valence-corrected chi connectivity index (χ1v) is 4.98. The molecule has 14 heavy (non-hydrogen) atoms. The lowest BCUT2D eigenvalue weighted by atomic mass is 10.2. The maximum Gasteiger partial charge on any atom is 0.224 e. The van der Waals surface area contributed by atoms with Crippen molar-refractivity contribution in [1.82, 2.24) is 9.97 Å². The number of hydrogen-bond acceptors (Lipinski definition) is 4. The van der Waals surface area contributed by atoms with Crippen molar-refractivity contribution in [3.8, 4) is 0 Å². The summed E-state index contributed by atoms with van der Waals surface area (Å²) in [5, 5.41) is 0.293. The number of hydrogen-bond donors (Lipinski definition) is 0. The summed E-state index contributed by atoms with van der Waals surface area (Å²) in [5.74, 6) is 0.876. The fourth-order valence-corrected chi connectivity index (χ4v) is 1.70. The smallest absolute Gasteiger partial charge is 0.224 e. The summed E-state index contributed by atoms with van der Waals surface area (Å²) in [6.07, 6.45) is 1.67. The summed E-state index contributed by atoms with van der Waals surface area (Å²) in [4.78, 5) is 10.2. The largest absolute Gasteiger partial charge is 0.377 e. The predicted molar refractivity (Wildman–Crippen MR) is 54.7 cm³/mol. The van der Waals surface area contributed by atoms with Crippen LogP contribution >= 0.6 is 11.6 Å². The Bertz CT molecular complexity index is 321. The Morgan fingerprint density at radius 2 is 2.50 bits per heavy atom. The molecule has 0 bridgehead atoms.